The normalized spacial score (nSPS) is 24.2. The quantitative estimate of drug-likeness (QED) is 0.259. The molecule has 4 bridgehead atoms. The highest BCUT2D eigenvalue weighted by atomic mass is 19.1. The number of carbonyl (C=O) groups is 4. The lowest BCUT2D eigenvalue weighted by atomic mass is 10.0. The van der Waals surface area contributed by atoms with Crippen LogP contribution in [0.1, 0.15) is 41.4 Å². The van der Waals surface area contributed by atoms with E-state index in [1.807, 2.05) is 30.3 Å². The number of hydrogen-bond donors (Lipinski definition) is 5. The molecule has 14 nitrogen and oxygen atoms in total. The third-order valence-corrected chi connectivity index (χ3v) is 8.17. The van der Waals surface area contributed by atoms with Gasteiger partial charge in [-0.1, -0.05) is 35.5 Å². The minimum absolute atomic E-state index is 0.0219. The van der Waals surface area contributed by atoms with Crippen molar-refractivity contribution in [2.45, 2.75) is 69.5 Å². The van der Waals surface area contributed by atoms with Gasteiger partial charge in [0, 0.05) is 32.0 Å². The zero-order valence-electron chi connectivity index (χ0n) is 26.2. The van der Waals surface area contributed by atoms with E-state index < -0.39 is 59.7 Å². The second-order valence-corrected chi connectivity index (χ2v) is 11.9. The lowest BCUT2D eigenvalue weighted by molar-refractivity contribution is -0.135. The number of carbonyl (C=O) groups excluding carboxylic acids is 4. The summed E-state index contributed by atoms with van der Waals surface area (Å²) in [7, 11) is 1.70. The van der Waals surface area contributed by atoms with Gasteiger partial charge in [-0.15, -0.1) is 5.10 Å². The Morgan fingerprint density at radius 3 is 2.60 bits per heavy atom. The molecule has 3 heterocycles. The van der Waals surface area contributed by atoms with E-state index in [-0.39, 0.29) is 37.3 Å². The highest BCUT2D eigenvalue weighted by Crippen LogP contribution is 2.22. The Hall–Kier alpha value is -4.89. The SMILES string of the molecule is C[C@@H](O)[C@@H]1NC(=O)[C@@H]2C[C@@H](CN2C)NC(=O)c2cc(F)ccc2OCCCn2cc(nn2)CNC(=O)[C@H](Cc2ccccc2)NC1=O. The molecule has 3 aromatic rings. The van der Waals surface area contributed by atoms with Crippen molar-refractivity contribution < 1.29 is 33.4 Å². The summed E-state index contributed by atoms with van der Waals surface area (Å²) in [6.07, 6.45) is 1.23. The minimum Gasteiger partial charge on any atom is -0.493 e. The Bertz CT molecular complexity index is 1580. The number of nitrogens with zero attached hydrogens (tertiary/aromatic N) is 4. The van der Waals surface area contributed by atoms with E-state index in [0.717, 1.165) is 11.6 Å². The molecule has 1 saturated heterocycles. The summed E-state index contributed by atoms with van der Waals surface area (Å²) in [5, 5.41) is 29.7. The molecular weight excluding hydrogens is 611 g/mol. The van der Waals surface area contributed by atoms with E-state index in [1.54, 1.807) is 22.8 Å². The van der Waals surface area contributed by atoms with Crippen molar-refractivity contribution >= 4 is 23.6 Å². The van der Waals surface area contributed by atoms with E-state index in [4.69, 9.17) is 4.74 Å². The van der Waals surface area contributed by atoms with Crippen molar-refractivity contribution in [2.75, 3.05) is 20.2 Å². The smallest absolute Gasteiger partial charge is 0.255 e. The number of rotatable bonds is 3. The zero-order chi connectivity index (χ0) is 33.5. The first-order chi connectivity index (χ1) is 22.6. The largest absolute Gasteiger partial charge is 0.493 e. The predicted octanol–water partition coefficient (Wildman–Crippen LogP) is -0.0883. The molecule has 250 valence electrons. The zero-order valence-corrected chi connectivity index (χ0v) is 26.2. The van der Waals surface area contributed by atoms with Gasteiger partial charge in [0.2, 0.25) is 17.7 Å². The van der Waals surface area contributed by atoms with Gasteiger partial charge < -0.3 is 31.1 Å². The van der Waals surface area contributed by atoms with Gasteiger partial charge >= 0.3 is 0 Å². The van der Waals surface area contributed by atoms with Gasteiger partial charge in [-0.2, -0.15) is 0 Å². The second-order valence-electron chi connectivity index (χ2n) is 11.9. The van der Waals surface area contributed by atoms with E-state index >= 15 is 0 Å². The lowest BCUT2D eigenvalue weighted by Gasteiger charge is -2.27. The molecule has 5 rings (SSSR count). The van der Waals surface area contributed by atoms with Gasteiger partial charge in [0.25, 0.3) is 5.91 Å². The van der Waals surface area contributed by atoms with Crippen LogP contribution in [-0.2, 0) is 33.9 Å². The van der Waals surface area contributed by atoms with Crippen LogP contribution < -0.4 is 26.0 Å². The van der Waals surface area contributed by atoms with Crippen LogP contribution in [0.4, 0.5) is 4.39 Å². The van der Waals surface area contributed by atoms with Crippen LogP contribution in [0.5, 0.6) is 5.75 Å². The molecule has 0 unspecified atom stereocenters. The number of aromatic nitrogens is 3. The Balaban J connectivity index is 1.39. The highest BCUT2D eigenvalue weighted by molar-refractivity contribution is 5.97. The summed E-state index contributed by atoms with van der Waals surface area (Å²) in [5.41, 5.74) is 1.29. The number of aliphatic hydroxyl groups is 1. The molecule has 1 aromatic heterocycles. The van der Waals surface area contributed by atoms with Crippen LogP contribution >= 0.6 is 0 Å². The number of nitrogens with one attached hydrogen (secondary N) is 4. The van der Waals surface area contributed by atoms with Crippen LogP contribution in [0.25, 0.3) is 0 Å². The first-order valence-electron chi connectivity index (χ1n) is 15.5. The van der Waals surface area contributed by atoms with Crippen molar-refractivity contribution in [3.05, 3.63) is 77.4 Å². The number of likely N-dealkylation sites (N-methyl/N-ethyl adjacent to an activating group) is 1. The molecule has 0 aliphatic carbocycles. The summed E-state index contributed by atoms with van der Waals surface area (Å²) in [4.78, 5) is 55.3. The van der Waals surface area contributed by atoms with Crippen molar-refractivity contribution in [3.63, 3.8) is 0 Å². The predicted molar refractivity (Wildman–Crippen MR) is 166 cm³/mol. The first kappa shape index (κ1) is 33.5. The molecule has 0 spiro atoms. The summed E-state index contributed by atoms with van der Waals surface area (Å²) in [6, 6.07) is 9.22. The van der Waals surface area contributed by atoms with Gasteiger partial charge in [0.1, 0.15) is 29.3 Å². The molecule has 2 aliphatic rings. The molecule has 4 amide bonds. The van der Waals surface area contributed by atoms with Crippen molar-refractivity contribution in [3.8, 4) is 5.75 Å². The van der Waals surface area contributed by atoms with E-state index in [1.165, 1.54) is 19.1 Å². The molecule has 47 heavy (non-hydrogen) atoms. The monoisotopic (exact) mass is 650 g/mol. The topological polar surface area (TPSA) is 180 Å². The Morgan fingerprint density at radius 1 is 1.04 bits per heavy atom. The third-order valence-electron chi connectivity index (χ3n) is 8.17. The van der Waals surface area contributed by atoms with Crippen molar-refractivity contribution in [1.29, 1.82) is 0 Å². The number of likely N-dealkylation sites (tertiary alicyclic amines) is 1. The van der Waals surface area contributed by atoms with Gasteiger partial charge in [0.05, 0.1) is 37.1 Å². The van der Waals surface area contributed by atoms with Gasteiger partial charge in [0.15, 0.2) is 0 Å². The molecule has 15 heteroatoms. The van der Waals surface area contributed by atoms with Gasteiger partial charge in [-0.05, 0) is 44.2 Å². The third kappa shape index (κ3) is 8.68. The molecule has 2 aromatic carbocycles. The lowest BCUT2D eigenvalue weighted by Crippen LogP contribution is -2.59. The Labute approximate surface area is 271 Å². The number of hydrogen-bond acceptors (Lipinski definition) is 9. The van der Waals surface area contributed by atoms with Crippen LogP contribution in [0, 0.1) is 5.82 Å². The van der Waals surface area contributed by atoms with Crippen molar-refractivity contribution in [1.82, 2.24) is 41.2 Å². The highest BCUT2D eigenvalue weighted by Gasteiger charge is 2.38. The number of halogens is 1. The summed E-state index contributed by atoms with van der Waals surface area (Å²) in [6.45, 7) is 2.34. The van der Waals surface area contributed by atoms with E-state index in [2.05, 4.69) is 31.6 Å². The van der Waals surface area contributed by atoms with Crippen LogP contribution in [0.3, 0.4) is 0 Å². The molecule has 5 atom stereocenters. The van der Waals surface area contributed by atoms with Gasteiger partial charge in [-0.25, -0.2) is 4.39 Å². The van der Waals surface area contributed by atoms with E-state index in [9.17, 15) is 28.7 Å². The molecule has 1 fully saturated rings. The fourth-order valence-corrected chi connectivity index (χ4v) is 5.69. The average molecular weight is 651 g/mol. The molecule has 5 N–H and O–H groups in total. The van der Waals surface area contributed by atoms with Crippen LogP contribution in [0.15, 0.2) is 54.7 Å². The number of aliphatic hydroxyl groups excluding tert-OH is 1. The van der Waals surface area contributed by atoms with E-state index in [0.29, 0.717) is 25.2 Å². The summed E-state index contributed by atoms with van der Waals surface area (Å²) < 4.78 is 21.6. The number of aryl methyl sites for hydroxylation is 1. The van der Waals surface area contributed by atoms with Crippen molar-refractivity contribution in [2.24, 2.45) is 0 Å². The maximum atomic E-state index is 14.2. The second kappa shape index (κ2) is 15.1. The van der Waals surface area contributed by atoms with Crippen LogP contribution in [0.2, 0.25) is 0 Å². The first-order valence-corrected chi connectivity index (χ1v) is 15.5. The maximum absolute atomic E-state index is 14.2. The number of benzene rings is 2. The standard InChI is InChI=1S/C32H39FN8O6/c1-19(42)28-32(46)36-25(13-20-7-4-3-5-8-20)30(44)34-16-23-18-41(39-38-23)11-6-12-47-27-10-9-21(33)14-24(27)29(43)35-22-15-26(31(45)37-28)40(2)17-22/h3-5,7-10,14,18-19,22,25-26,28,42H,6,11-13,15-17H2,1-2H3,(H,34,44)(H,35,43)(H,36,46)(H,37,45)/t19-,22+,25+,26+,28+/m1/s1. The molecular formula is C32H39FN8O6. The fraction of sp³-hybridized carbons (Fsp3) is 0.438. The van der Waals surface area contributed by atoms with Crippen LogP contribution in [-0.4, -0.2) is 99.1 Å². The Morgan fingerprint density at radius 2 is 1.83 bits per heavy atom. The number of ether oxygens (including phenoxy) is 1. The molecule has 0 saturated carbocycles. The fourth-order valence-electron chi connectivity index (χ4n) is 5.69. The number of amides is 4. The average Bonchev–Trinajstić information content (AvgIpc) is 3.66. The van der Waals surface area contributed by atoms with Gasteiger partial charge in [-0.3, -0.25) is 28.8 Å². The summed E-state index contributed by atoms with van der Waals surface area (Å²) >= 11 is 0. The molecule has 0 radical (unpaired) electrons. The summed E-state index contributed by atoms with van der Waals surface area (Å²) in [5.74, 6) is -2.70. The maximum Gasteiger partial charge on any atom is 0.255 e. The minimum atomic E-state index is -1.37. The number of fused-ring (bicyclic) bond motifs is 5. The molecule has 2 aliphatic heterocycles. The Kier molecular flexibility index (Phi) is 10.8.